The highest BCUT2D eigenvalue weighted by Gasteiger charge is 2.23. The highest BCUT2D eigenvalue weighted by molar-refractivity contribution is 6.01. The highest BCUT2D eigenvalue weighted by Crippen LogP contribution is 2.34. The molecule has 1 aliphatic rings. The maximum Gasteiger partial charge on any atom is 0.323 e. The van der Waals surface area contributed by atoms with Crippen molar-refractivity contribution in [3.8, 4) is 11.1 Å². The van der Waals surface area contributed by atoms with Gasteiger partial charge in [0.15, 0.2) is 0 Å². The molecule has 0 spiro atoms. The van der Waals surface area contributed by atoms with E-state index in [1.807, 2.05) is 19.1 Å². The average Bonchev–Trinajstić information content (AvgIpc) is 3.04. The summed E-state index contributed by atoms with van der Waals surface area (Å²) in [5, 5.41) is 2.78. The number of aryl methyl sites for hydroxylation is 1. The summed E-state index contributed by atoms with van der Waals surface area (Å²) < 4.78 is 15.0. The van der Waals surface area contributed by atoms with Crippen molar-refractivity contribution < 1.29 is 14.0 Å². The number of rotatable bonds is 3. The number of carbonyl (C=O) groups is 2. The van der Waals surface area contributed by atoms with Crippen LogP contribution in [0.15, 0.2) is 60.7 Å². The van der Waals surface area contributed by atoms with Gasteiger partial charge in [-0.25, -0.2) is 9.18 Å². The molecular weight excluding hydrogens is 357 g/mol. The summed E-state index contributed by atoms with van der Waals surface area (Å²) in [6.07, 6.45) is 0. The molecule has 0 saturated carbocycles. The average molecular weight is 375 g/mol. The minimum absolute atomic E-state index is 0.0728. The molecule has 3 amide bonds. The first-order valence-corrected chi connectivity index (χ1v) is 8.82. The number of benzene rings is 3. The van der Waals surface area contributed by atoms with Gasteiger partial charge in [0.1, 0.15) is 5.82 Å². The molecule has 6 heteroatoms. The zero-order valence-corrected chi connectivity index (χ0v) is 15.2. The van der Waals surface area contributed by atoms with E-state index in [0.717, 1.165) is 21.6 Å². The number of nitrogens with zero attached hydrogens (tertiary/aromatic N) is 1. The van der Waals surface area contributed by atoms with Crippen molar-refractivity contribution in [1.29, 1.82) is 0 Å². The summed E-state index contributed by atoms with van der Waals surface area (Å²) in [6, 6.07) is 16.3. The minimum atomic E-state index is -0.771. The van der Waals surface area contributed by atoms with Crippen LogP contribution in [0, 0.1) is 12.7 Å². The molecule has 0 fully saturated rings. The summed E-state index contributed by atoms with van der Waals surface area (Å²) >= 11 is 0. The second kappa shape index (κ2) is 6.81. The van der Waals surface area contributed by atoms with E-state index in [9.17, 15) is 9.59 Å². The molecule has 140 valence electrons. The van der Waals surface area contributed by atoms with Gasteiger partial charge in [0.2, 0.25) is 0 Å². The maximum atomic E-state index is 15.0. The Morgan fingerprint density at radius 2 is 1.82 bits per heavy atom. The van der Waals surface area contributed by atoms with Crippen LogP contribution in [0.4, 0.5) is 20.6 Å². The Kier molecular flexibility index (Phi) is 4.31. The Bertz CT molecular complexity index is 1110. The third-order valence-electron chi connectivity index (χ3n) is 4.83. The van der Waals surface area contributed by atoms with Gasteiger partial charge in [-0.1, -0.05) is 30.3 Å². The zero-order valence-electron chi connectivity index (χ0n) is 15.2. The fourth-order valence-electron chi connectivity index (χ4n) is 3.53. The Balaban J connectivity index is 1.78. The monoisotopic (exact) mass is 375 g/mol. The van der Waals surface area contributed by atoms with E-state index < -0.39 is 11.8 Å². The van der Waals surface area contributed by atoms with E-state index in [1.165, 1.54) is 12.1 Å². The molecule has 0 unspecified atom stereocenters. The fourth-order valence-corrected chi connectivity index (χ4v) is 3.53. The van der Waals surface area contributed by atoms with E-state index in [4.69, 9.17) is 5.73 Å². The first kappa shape index (κ1) is 17.7. The number of hydrogen-bond acceptors (Lipinski definition) is 2. The Morgan fingerprint density at radius 3 is 2.54 bits per heavy atom. The molecule has 0 aromatic heterocycles. The van der Waals surface area contributed by atoms with E-state index in [0.29, 0.717) is 23.4 Å². The van der Waals surface area contributed by atoms with Crippen LogP contribution in [0.25, 0.3) is 11.1 Å². The van der Waals surface area contributed by atoms with Crippen molar-refractivity contribution in [2.45, 2.75) is 13.5 Å². The van der Waals surface area contributed by atoms with Crippen LogP contribution in [0.1, 0.15) is 21.5 Å². The number of nitrogens with two attached hydrogens (primary N) is 1. The molecule has 3 aromatic rings. The van der Waals surface area contributed by atoms with Crippen molar-refractivity contribution in [2.24, 2.45) is 5.73 Å². The lowest BCUT2D eigenvalue weighted by Crippen LogP contribution is -2.32. The molecule has 4 rings (SSSR count). The van der Waals surface area contributed by atoms with Crippen LogP contribution in [-0.4, -0.2) is 11.9 Å². The Hall–Kier alpha value is -3.67. The summed E-state index contributed by atoms with van der Waals surface area (Å²) in [6.45, 7) is 2.29. The van der Waals surface area contributed by atoms with Crippen LogP contribution in [0.5, 0.6) is 0 Å². The largest absolute Gasteiger partial charge is 0.351 e. The van der Waals surface area contributed by atoms with Crippen molar-refractivity contribution >= 4 is 23.3 Å². The third kappa shape index (κ3) is 2.99. The fraction of sp³-hybridized carbons (Fsp3) is 0.0909. The molecule has 0 saturated heterocycles. The molecular formula is C22H18FN3O2. The van der Waals surface area contributed by atoms with Crippen molar-refractivity contribution in [3.63, 3.8) is 0 Å². The van der Waals surface area contributed by atoms with Crippen LogP contribution in [-0.2, 0) is 6.54 Å². The van der Waals surface area contributed by atoms with E-state index >= 15 is 4.39 Å². The van der Waals surface area contributed by atoms with Crippen molar-refractivity contribution in [3.05, 3.63) is 83.2 Å². The smallest absolute Gasteiger partial charge is 0.323 e. The van der Waals surface area contributed by atoms with Gasteiger partial charge in [-0.2, -0.15) is 0 Å². The van der Waals surface area contributed by atoms with Gasteiger partial charge < -0.3 is 11.1 Å². The normalized spacial score (nSPS) is 12.4. The number of urea groups is 1. The third-order valence-corrected chi connectivity index (χ3v) is 4.83. The lowest BCUT2D eigenvalue weighted by atomic mass is 9.96. The number of amides is 3. The predicted octanol–water partition coefficient (Wildman–Crippen LogP) is 4.26. The standard InChI is InChI=1S/C22H18FN3O2/c1-13-4-2-5-15(10-13)26(22(24)28)20-9-8-14(11-19(20)23)16-6-3-7-17-18(16)12-25-21(17)27/h2-11H,12H2,1H3,(H2,24,28)(H,25,27). The quantitative estimate of drug-likeness (QED) is 0.718. The van der Waals surface area contributed by atoms with E-state index in [2.05, 4.69) is 5.32 Å². The van der Waals surface area contributed by atoms with Crippen molar-refractivity contribution in [1.82, 2.24) is 5.32 Å². The number of halogens is 1. The first-order valence-electron chi connectivity index (χ1n) is 8.82. The lowest BCUT2D eigenvalue weighted by molar-refractivity contribution is 0.0965. The van der Waals surface area contributed by atoms with Gasteiger partial charge in [0.05, 0.1) is 11.4 Å². The minimum Gasteiger partial charge on any atom is -0.351 e. The van der Waals surface area contributed by atoms with Crippen LogP contribution >= 0.6 is 0 Å². The second-order valence-corrected chi connectivity index (χ2v) is 6.69. The van der Waals surface area contributed by atoms with Gasteiger partial charge in [-0.05, 0) is 59.5 Å². The van der Waals surface area contributed by atoms with Gasteiger partial charge in [0.25, 0.3) is 5.91 Å². The lowest BCUT2D eigenvalue weighted by Gasteiger charge is -2.22. The van der Waals surface area contributed by atoms with Crippen LogP contribution < -0.4 is 16.0 Å². The summed E-state index contributed by atoms with van der Waals surface area (Å²) in [4.78, 5) is 25.1. The number of nitrogens with one attached hydrogen (secondary N) is 1. The molecule has 0 bridgehead atoms. The highest BCUT2D eigenvalue weighted by atomic mass is 19.1. The van der Waals surface area contributed by atoms with E-state index in [1.54, 1.807) is 36.4 Å². The van der Waals surface area contributed by atoms with Crippen molar-refractivity contribution in [2.75, 3.05) is 4.90 Å². The van der Waals surface area contributed by atoms with Crippen LogP contribution in [0.3, 0.4) is 0 Å². The molecule has 28 heavy (non-hydrogen) atoms. The summed E-state index contributed by atoms with van der Waals surface area (Å²) in [5.41, 5.74) is 9.87. The van der Waals surface area contributed by atoms with Gasteiger partial charge >= 0.3 is 6.03 Å². The molecule has 0 radical (unpaired) electrons. The zero-order chi connectivity index (χ0) is 19.8. The summed E-state index contributed by atoms with van der Waals surface area (Å²) in [7, 11) is 0. The van der Waals surface area contributed by atoms with Gasteiger partial charge in [-0.15, -0.1) is 0 Å². The first-order chi connectivity index (χ1) is 13.5. The Morgan fingerprint density at radius 1 is 1.07 bits per heavy atom. The van der Waals surface area contributed by atoms with E-state index in [-0.39, 0.29) is 11.6 Å². The molecule has 0 atom stereocenters. The summed E-state index contributed by atoms with van der Waals surface area (Å²) in [5.74, 6) is -0.707. The topological polar surface area (TPSA) is 75.4 Å². The molecule has 3 N–H and O–H groups in total. The maximum absolute atomic E-state index is 15.0. The van der Waals surface area contributed by atoms with Crippen LogP contribution in [0.2, 0.25) is 0 Å². The number of primary amides is 1. The number of fused-ring (bicyclic) bond motifs is 1. The Labute approximate surface area is 161 Å². The molecule has 0 aliphatic carbocycles. The van der Waals surface area contributed by atoms with Gasteiger partial charge in [0, 0.05) is 12.1 Å². The second-order valence-electron chi connectivity index (χ2n) is 6.69. The predicted molar refractivity (Wildman–Crippen MR) is 106 cm³/mol. The number of hydrogen-bond donors (Lipinski definition) is 2. The van der Waals surface area contributed by atoms with Gasteiger partial charge in [-0.3, -0.25) is 9.69 Å². The molecule has 1 heterocycles. The SMILES string of the molecule is Cc1cccc(N(C(N)=O)c2ccc(-c3cccc4c3CNC4=O)cc2F)c1. The molecule has 1 aliphatic heterocycles. The molecule has 5 nitrogen and oxygen atoms in total. The number of carbonyl (C=O) groups excluding carboxylic acids is 2. The molecule has 3 aromatic carbocycles. The number of anilines is 2.